The predicted octanol–water partition coefficient (Wildman–Crippen LogP) is 11.4. The lowest BCUT2D eigenvalue weighted by Crippen LogP contribution is -2.17. The molecule has 0 fully saturated rings. The molecule has 2 aromatic heterocycles. The fourth-order valence-corrected chi connectivity index (χ4v) is 12.0. The summed E-state index contributed by atoms with van der Waals surface area (Å²) in [5.74, 6) is 1.07. The largest absolute Gasteiger partial charge is 0.281 e. The molecular formula is C38H40Cl2O2S4. The van der Waals surface area contributed by atoms with Crippen molar-refractivity contribution in [3.63, 3.8) is 0 Å². The van der Waals surface area contributed by atoms with Gasteiger partial charge in [0.2, 0.25) is 10.2 Å². The van der Waals surface area contributed by atoms with E-state index in [1.807, 2.05) is 24.3 Å². The first-order valence-electron chi connectivity index (χ1n) is 16.6. The number of rotatable bonds is 14. The Bertz CT molecular complexity index is 1780. The van der Waals surface area contributed by atoms with Crippen molar-refractivity contribution in [1.82, 2.24) is 0 Å². The molecule has 0 radical (unpaired) electrons. The van der Waals surface area contributed by atoms with Gasteiger partial charge in [-0.2, -0.15) is 0 Å². The molecule has 46 heavy (non-hydrogen) atoms. The maximum atomic E-state index is 13.9. The van der Waals surface area contributed by atoms with E-state index in [1.54, 1.807) is 0 Å². The van der Waals surface area contributed by atoms with Crippen LogP contribution < -0.4 is 10.4 Å². The lowest BCUT2D eigenvalue weighted by Gasteiger charge is -2.22. The third-order valence-corrected chi connectivity index (χ3v) is 13.8. The van der Waals surface area contributed by atoms with Crippen LogP contribution in [0.25, 0.3) is 21.9 Å². The van der Waals surface area contributed by atoms with Crippen molar-refractivity contribution < 1.29 is 9.59 Å². The van der Waals surface area contributed by atoms with Crippen LogP contribution in [0.3, 0.4) is 0 Å². The van der Waals surface area contributed by atoms with E-state index in [-0.39, 0.29) is 10.2 Å². The van der Waals surface area contributed by atoms with E-state index in [2.05, 4.69) is 39.8 Å². The lowest BCUT2D eigenvalue weighted by atomic mass is 9.84. The van der Waals surface area contributed by atoms with E-state index in [1.165, 1.54) is 68.1 Å². The minimum absolute atomic E-state index is 0.0833. The number of benzene rings is 2. The number of carbonyl (C=O) groups is 2. The fraction of sp³-hybridized carbons (Fsp3) is 0.421. The summed E-state index contributed by atoms with van der Waals surface area (Å²) in [6, 6.07) is 12.4. The molecule has 6 rings (SSSR count). The van der Waals surface area contributed by atoms with Crippen LogP contribution in [-0.4, -0.2) is 10.2 Å². The molecule has 0 spiro atoms. The molecule has 0 amide bonds. The molecule has 2 aliphatic rings. The molecule has 0 bridgehead atoms. The Morgan fingerprint density at radius 1 is 0.587 bits per heavy atom. The van der Waals surface area contributed by atoms with E-state index < -0.39 is 0 Å². The molecular weight excluding hydrogens is 688 g/mol. The van der Waals surface area contributed by atoms with Crippen LogP contribution in [-0.2, 0) is 22.4 Å². The van der Waals surface area contributed by atoms with Gasteiger partial charge in [0.1, 0.15) is 0 Å². The molecule has 0 aliphatic carbocycles. The van der Waals surface area contributed by atoms with Gasteiger partial charge in [0.05, 0.1) is 19.8 Å². The average Bonchev–Trinajstić information content (AvgIpc) is 3.78. The van der Waals surface area contributed by atoms with E-state index in [9.17, 15) is 9.59 Å². The second kappa shape index (κ2) is 14.9. The van der Waals surface area contributed by atoms with Crippen LogP contribution >= 0.6 is 69.4 Å². The van der Waals surface area contributed by atoms with Gasteiger partial charge in [-0.15, -0.1) is 22.7 Å². The first-order chi connectivity index (χ1) is 22.3. The second-order valence-corrected chi connectivity index (χ2v) is 18.0. The summed E-state index contributed by atoms with van der Waals surface area (Å²) in [5.41, 5.74) is 4.08. The van der Waals surface area contributed by atoms with Crippen LogP contribution in [0.5, 0.6) is 0 Å². The van der Waals surface area contributed by atoms with Gasteiger partial charge in [0.15, 0.2) is 0 Å². The summed E-state index contributed by atoms with van der Waals surface area (Å²) in [5, 5.41) is 4.62. The molecule has 2 aliphatic heterocycles. The summed E-state index contributed by atoms with van der Waals surface area (Å²) in [7, 11) is 0. The van der Waals surface area contributed by atoms with Crippen molar-refractivity contribution in [2.75, 3.05) is 0 Å². The third-order valence-electron chi connectivity index (χ3n) is 9.25. The lowest BCUT2D eigenvalue weighted by molar-refractivity contribution is -0.106. The Morgan fingerprint density at radius 3 is 1.26 bits per heavy atom. The zero-order valence-electron chi connectivity index (χ0n) is 26.9. The smallest absolute Gasteiger partial charge is 0.226 e. The molecule has 8 heteroatoms. The van der Waals surface area contributed by atoms with Crippen molar-refractivity contribution in [3.8, 4) is 0 Å². The van der Waals surface area contributed by atoms with Crippen molar-refractivity contribution >= 4 is 102 Å². The number of halogens is 2. The van der Waals surface area contributed by atoms with Crippen molar-refractivity contribution in [3.05, 3.63) is 76.4 Å². The summed E-state index contributed by atoms with van der Waals surface area (Å²) in [4.78, 5) is 31.8. The van der Waals surface area contributed by atoms with Crippen molar-refractivity contribution in [2.24, 2.45) is 11.8 Å². The SMILES string of the molecule is CCCC(CCC)Cc1cc2c(c3c(CC(CCC)CCC)cc4c(c13)SC(=O)C=4c1ccc(Cl)s1)SC(=O)C=2c1ccc(Cl)s1. The second-order valence-electron chi connectivity index (χ2n) is 12.6. The predicted molar refractivity (Wildman–Crippen MR) is 203 cm³/mol. The number of fused-ring (bicyclic) bond motifs is 5. The highest BCUT2D eigenvalue weighted by atomic mass is 35.5. The van der Waals surface area contributed by atoms with Gasteiger partial charge in [-0.3, -0.25) is 9.59 Å². The van der Waals surface area contributed by atoms with Gasteiger partial charge in [0, 0.05) is 40.8 Å². The number of thiophene rings is 2. The highest BCUT2D eigenvalue weighted by Gasteiger charge is 2.33. The molecule has 0 N–H and O–H groups in total. The maximum absolute atomic E-state index is 13.9. The first kappa shape index (κ1) is 34.3. The summed E-state index contributed by atoms with van der Waals surface area (Å²) >= 11 is 18.5. The van der Waals surface area contributed by atoms with E-state index in [4.69, 9.17) is 23.2 Å². The molecule has 0 unspecified atom stereocenters. The molecule has 2 nitrogen and oxygen atoms in total. The van der Waals surface area contributed by atoms with Gasteiger partial charge in [0.25, 0.3) is 0 Å². The standard InChI is InChI=1S/C38H40Cl2O2S4/c1-5-9-21(10-6-2)17-23-19-25-33(27-13-15-29(39)43-27)37(41)46-36(25)32-24(18-22(11-7-3)12-8-4)20-26-34(28-14-16-30(40)44-28)38(42)45-35(26)31(23)32/h13-16,19-22H,5-12,17-18H2,1-4H3. The molecule has 0 atom stereocenters. The summed E-state index contributed by atoms with van der Waals surface area (Å²) in [6.07, 6.45) is 11.0. The van der Waals surface area contributed by atoms with Crippen LogP contribution in [0.1, 0.15) is 99.9 Å². The molecule has 242 valence electrons. The van der Waals surface area contributed by atoms with Crippen molar-refractivity contribution in [2.45, 2.75) is 102 Å². The Kier molecular flexibility index (Phi) is 11.1. The highest BCUT2D eigenvalue weighted by Crippen LogP contribution is 2.46. The highest BCUT2D eigenvalue weighted by molar-refractivity contribution is 8.15. The van der Waals surface area contributed by atoms with Crippen molar-refractivity contribution in [1.29, 1.82) is 0 Å². The molecule has 2 aromatic carbocycles. The topological polar surface area (TPSA) is 34.1 Å². The Hall–Kier alpha value is -1.54. The number of hydrogen-bond donors (Lipinski definition) is 0. The van der Waals surface area contributed by atoms with Crippen LogP contribution in [0.4, 0.5) is 0 Å². The van der Waals surface area contributed by atoms with Crippen LogP contribution in [0, 0.1) is 11.8 Å². The number of hydrogen-bond acceptors (Lipinski definition) is 6. The maximum Gasteiger partial charge on any atom is 0.226 e. The summed E-state index contributed by atoms with van der Waals surface area (Å²) in [6.45, 7) is 9.07. The zero-order chi connectivity index (χ0) is 32.5. The average molecular weight is 728 g/mol. The third kappa shape index (κ3) is 6.69. The quantitative estimate of drug-likeness (QED) is 0.130. The van der Waals surface area contributed by atoms with E-state index in [0.29, 0.717) is 20.5 Å². The minimum atomic E-state index is 0.0833. The zero-order valence-corrected chi connectivity index (χ0v) is 31.7. The number of thioether (sulfide) groups is 2. The number of carbonyl (C=O) groups excluding carboxylic acids is 2. The minimum Gasteiger partial charge on any atom is -0.281 e. The Balaban J connectivity index is 1.74. The Morgan fingerprint density at radius 2 is 0.957 bits per heavy atom. The van der Waals surface area contributed by atoms with Gasteiger partial charge in [-0.05, 0) is 95.7 Å². The van der Waals surface area contributed by atoms with Crippen LogP contribution in [0.2, 0.25) is 8.67 Å². The normalized spacial score (nSPS) is 14.5. The van der Waals surface area contributed by atoms with Crippen LogP contribution in [0.15, 0.2) is 46.2 Å². The summed E-state index contributed by atoms with van der Waals surface area (Å²) < 4.78 is 1.38. The van der Waals surface area contributed by atoms with Gasteiger partial charge in [-0.25, -0.2) is 0 Å². The monoisotopic (exact) mass is 726 g/mol. The molecule has 0 saturated heterocycles. The van der Waals surface area contributed by atoms with Gasteiger partial charge < -0.3 is 0 Å². The molecule has 0 saturated carbocycles. The molecule has 4 aromatic rings. The fourth-order valence-electron chi connectivity index (χ4n) is 7.46. The van der Waals surface area contributed by atoms with Gasteiger partial charge in [-0.1, -0.05) is 102 Å². The van der Waals surface area contributed by atoms with Gasteiger partial charge >= 0.3 is 0 Å². The first-order valence-corrected chi connectivity index (χ1v) is 20.7. The molecule has 4 heterocycles. The van der Waals surface area contributed by atoms with E-state index >= 15 is 0 Å². The van der Waals surface area contributed by atoms with E-state index in [0.717, 1.165) is 105 Å². The Labute approximate surface area is 299 Å².